The van der Waals surface area contributed by atoms with Crippen molar-refractivity contribution in [2.45, 2.75) is 64.3 Å². The average Bonchev–Trinajstić information content (AvgIpc) is 2.49. The average molecular weight is 242 g/mol. The third kappa shape index (κ3) is 4.29. The molecular formula is C13H22O4. The SMILES string of the molecule is C#C[C@@H]1OC(C)(C)O[C@H]1[C@H](O)COC(C)(C)C. The van der Waals surface area contributed by atoms with Gasteiger partial charge in [-0.3, -0.25) is 0 Å². The van der Waals surface area contributed by atoms with Crippen molar-refractivity contribution in [1.29, 1.82) is 0 Å². The van der Waals surface area contributed by atoms with Crippen LogP contribution in [0.25, 0.3) is 0 Å². The second-order valence-corrected chi connectivity index (χ2v) is 5.68. The number of ether oxygens (including phenoxy) is 3. The summed E-state index contributed by atoms with van der Waals surface area (Å²) in [6.45, 7) is 9.49. The molecule has 3 atom stereocenters. The van der Waals surface area contributed by atoms with E-state index in [0.717, 1.165) is 0 Å². The number of aliphatic hydroxyl groups is 1. The van der Waals surface area contributed by atoms with E-state index < -0.39 is 24.1 Å². The topological polar surface area (TPSA) is 47.9 Å². The Balaban J connectivity index is 2.57. The van der Waals surface area contributed by atoms with Gasteiger partial charge in [-0.2, -0.15) is 0 Å². The summed E-state index contributed by atoms with van der Waals surface area (Å²) < 4.78 is 16.6. The van der Waals surface area contributed by atoms with E-state index in [0.29, 0.717) is 0 Å². The number of hydrogen-bond acceptors (Lipinski definition) is 4. The Morgan fingerprint density at radius 1 is 1.41 bits per heavy atom. The van der Waals surface area contributed by atoms with Crippen molar-refractivity contribution in [3.05, 3.63) is 0 Å². The van der Waals surface area contributed by atoms with Crippen LogP contribution in [0.4, 0.5) is 0 Å². The van der Waals surface area contributed by atoms with Crippen molar-refractivity contribution in [1.82, 2.24) is 0 Å². The molecule has 0 aromatic heterocycles. The van der Waals surface area contributed by atoms with Gasteiger partial charge in [-0.15, -0.1) is 6.42 Å². The van der Waals surface area contributed by atoms with Crippen molar-refractivity contribution in [3.63, 3.8) is 0 Å². The smallest absolute Gasteiger partial charge is 0.165 e. The molecule has 4 heteroatoms. The lowest BCUT2D eigenvalue weighted by molar-refractivity contribution is -0.161. The third-order valence-electron chi connectivity index (χ3n) is 2.36. The summed E-state index contributed by atoms with van der Waals surface area (Å²) in [4.78, 5) is 0. The normalized spacial score (nSPS) is 29.9. The van der Waals surface area contributed by atoms with Crippen LogP contribution in [0.5, 0.6) is 0 Å². The quantitative estimate of drug-likeness (QED) is 0.758. The Labute approximate surface area is 103 Å². The van der Waals surface area contributed by atoms with Gasteiger partial charge >= 0.3 is 0 Å². The number of rotatable bonds is 3. The molecule has 0 amide bonds. The van der Waals surface area contributed by atoms with Crippen molar-refractivity contribution < 1.29 is 19.3 Å². The van der Waals surface area contributed by atoms with E-state index in [-0.39, 0.29) is 12.2 Å². The highest BCUT2D eigenvalue weighted by Gasteiger charge is 2.44. The minimum atomic E-state index is -0.794. The van der Waals surface area contributed by atoms with E-state index in [1.165, 1.54) is 0 Å². The van der Waals surface area contributed by atoms with Crippen LogP contribution >= 0.6 is 0 Å². The van der Waals surface area contributed by atoms with Gasteiger partial charge in [0.15, 0.2) is 5.79 Å². The van der Waals surface area contributed by atoms with Gasteiger partial charge in [0, 0.05) is 0 Å². The zero-order valence-corrected chi connectivity index (χ0v) is 11.2. The number of terminal acetylenes is 1. The van der Waals surface area contributed by atoms with E-state index in [4.69, 9.17) is 20.6 Å². The van der Waals surface area contributed by atoms with Gasteiger partial charge < -0.3 is 19.3 Å². The first kappa shape index (κ1) is 14.5. The lowest BCUT2D eigenvalue weighted by Gasteiger charge is -2.25. The maximum atomic E-state index is 10.0. The summed E-state index contributed by atoms with van der Waals surface area (Å²) in [6, 6.07) is 0. The maximum Gasteiger partial charge on any atom is 0.165 e. The van der Waals surface area contributed by atoms with E-state index in [1.54, 1.807) is 13.8 Å². The number of aliphatic hydroxyl groups excluding tert-OH is 1. The predicted molar refractivity (Wildman–Crippen MR) is 64.4 cm³/mol. The highest BCUT2D eigenvalue weighted by Crippen LogP contribution is 2.30. The molecule has 1 N–H and O–H groups in total. The molecular weight excluding hydrogens is 220 g/mol. The van der Waals surface area contributed by atoms with Crippen LogP contribution in [-0.4, -0.2) is 41.4 Å². The van der Waals surface area contributed by atoms with Crippen LogP contribution < -0.4 is 0 Å². The van der Waals surface area contributed by atoms with Crippen LogP contribution in [0.2, 0.25) is 0 Å². The predicted octanol–water partition coefficient (Wildman–Crippen LogP) is 1.32. The summed E-state index contributed by atoms with van der Waals surface area (Å²) in [7, 11) is 0. The second kappa shape index (κ2) is 4.95. The minimum absolute atomic E-state index is 0.172. The molecule has 0 aromatic rings. The Hall–Kier alpha value is -0.600. The van der Waals surface area contributed by atoms with Gasteiger partial charge in [-0.05, 0) is 34.6 Å². The molecule has 0 radical (unpaired) electrons. The monoisotopic (exact) mass is 242 g/mol. The largest absolute Gasteiger partial charge is 0.388 e. The highest BCUT2D eigenvalue weighted by molar-refractivity contribution is 5.05. The van der Waals surface area contributed by atoms with Crippen molar-refractivity contribution >= 4 is 0 Å². The van der Waals surface area contributed by atoms with Gasteiger partial charge in [0.2, 0.25) is 0 Å². The Morgan fingerprint density at radius 3 is 2.47 bits per heavy atom. The van der Waals surface area contributed by atoms with Crippen LogP contribution in [0.3, 0.4) is 0 Å². The molecule has 1 rings (SSSR count). The van der Waals surface area contributed by atoms with Crippen molar-refractivity contribution in [3.8, 4) is 12.3 Å². The Bertz CT molecular complexity index is 298. The van der Waals surface area contributed by atoms with Crippen molar-refractivity contribution in [2.24, 2.45) is 0 Å². The molecule has 1 aliphatic rings. The van der Waals surface area contributed by atoms with E-state index in [9.17, 15) is 5.11 Å². The summed E-state index contributed by atoms with van der Waals surface area (Å²) in [5.41, 5.74) is -0.304. The molecule has 1 aliphatic heterocycles. The Morgan fingerprint density at radius 2 is 2.00 bits per heavy atom. The van der Waals surface area contributed by atoms with Gasteiger partial charge in [0.1, 0.15) is 18.3 Å². The zero-order chi connectivity index (χ0) is 13.3. The molecule has 0 spiro atoms. The molecule has 0 aliphatic carbocycles. The lowest BCUT2D eigenvalue weighted by Crippen LogP contribution is -2.39. The third-order valence-corrected chi connectivity index (χ3v) is 2.36. The summed E-state index contributed by atoms with van der Waals surface area (Å²) in [5, 5.41) is 10.0. The van der Waals surface area contributed by atoms with Gasteiger partial charge in [-0.25, -0.2) is 0 Å². The standard InChI is InChI=1S/C13H22O4/c1-7-10-11(17-13(5,6)16-10)9(14)8-15-12(2,3)4/h1,9-11,14H,8H2,2-6H3/t9-,10+,11+/m1/s1. The summed E-state index contributed by atoms with van der Waals surface area (Å²) in [5.74, 6) is 1.73. The maximum absolute atomic E-state index is 10.0. The fourth-order valence-corrected chi connectivity index (χ4v) is 1.63. The van der Waals surface area contributed by atoms with E-state index in [1.807, 2.05) is 20.8 Å². The molecule has 17 heavy (non-hydrogen) atoms. The van der Waals surface area contributed by atoms with Gasteiger partial charge in [0.05, 0.1) is 12.2 Å². The molecule has 4 nitrogen and oxygen atoms in total. The first-order valence-electron chi connectivity index (χ1n) is 5.78. The second-order valence-electron chi connectivity index (χ2n) is 5.68. The molecule has 0 aromatic carbocycles. The highest BCUT2D eigenvalue weighted by atomic mass is 16.8. The van der Waals surface area contributed by atoms with Crippen molar-refractivity contribution in [2.75, 3.05) is 6.61 Å². The molecule has 0 unspecified atom stereocenters. The molecule has 1 saturated heterocycles. The van der Waals surface area contributed by atoms with Gasteiger partial charge in [0.25, 0.3) is 0 Å². The fraction of sp³-hybridized carbons (Fsp3) is 0.846. The van der Waals surface area contributed by atoms with Crippen LogP contribution in [0, 0.1) is 12.3 Å². The molecule has 0 bridgehead atoms. The lowest BCUT2D eigenvalue weighted by atomic mass is 10.1. The van der Waals surface area contributed by atoms with E-state index in [2.05, 4.69) is 5.92 Å². The van der Waals surface area contributed by atoms with E-state index >= 15 is 0 Å². The van der Waals surface area contributed by atoms with Crippen LogP contribution in [-0.2, 0) is 14.2 Å². The zero-order valence-electron chi connectivity index (χ0n) is 11.2. The van der Waals surface area contributed by atoms with Crippen LogP contribution in [0.1, 0.15) is 34.6 Å². The molecule has 1 heterocycles. The molecule has 98 valence electrons. The van der Waals surface area contributed by atoms with Gasteiger partial charge in [-0.1, -0.05) is 5.92 Å². The first-order chi connectivity index (χ1) is 7.64. The molecule has 1 fully saturated rings. The summed E-state index contributed by atoms with van der Waals surface area (Å²) >= 11 is 0. The Kier molecular flexibility index (Phi) is 4.21. The minimum Gasteiger partial charge on any atom is -0.388 e. The fourth-order valence-electron chi connectivity index (χ4n) is 1.63. The first-order valence-corrected chi connectivity index (χ1v) is 5.78. The molecule has 0 saturated carbocycles. The van der Waals surface area contributed by atoms with Crippen LogP contribution in [0.15, 0.2) is 0 Å². The summed E-state index contributed by atoms with van der Waals surface area (Å²) in [6.07, 6.45) is 3.48. The number of hydrogen-bond donors (Lipinski definition) is 1.